The second-order valence-corrected chi connectivity index (χ2v) is 6.68. The normalized spacial score (nSPS) is 11.7. The summed E-state index contributed by atoms with van der Waals surface area (Å²) in [7, 11) is 0. The van der Waals surface area contributed by atoms with E-state index in [1.165, 1.54) is 18.2 Å². The van der Waals surface area contributed by atoms with Gasteiger partial charge in [-0.15, -0.1) is 0 Å². The summed E-state index contributed by atoms with van der Waals surface area (Å²) in [5.41, 5.74) is -2.13. The maximum Gasteiger partial charge on any atom is 0.432 e. The quantitative estimate of drug-likeness (QED) is 0.305. The summed E-state index contributed by atoms with van der Waals surface area (Å²) >= 11 is 0. The van der Waals surface area contributed by atoms with Crippen molar-refractivity contribution in [2.24, 2.45) is 0 Å². The number of hydrogen-bond acceptors (Lipinski definition) is 1. The van der Waals surface area contributed by atoms with Crippen LogP contribution in [0, 0.1) is 29.1 Å². The Hall–Kier alpha value is -3.55. The average Bonchev–Trinajstić information content (AvgIpc) is 2.66. The van der Waals surface area contributed by atoms with Crippen LogP contribution >= 0.6 is 0 Å². The topological polar surface area (TPSA) is 9.23 Å². The van der Waals surface area contributed by atoms with Crippen molar-refractivity contribution in [2.45, 2.75) is 6.11 Å². The monoisotopic (exact) mass is 436 g/mol. The SMILES string of the molecule is Fc1cc(F)c2ccc(OC(F)(F)c3c(F)cc(-c4ccccc4F)cc3F)cc2c1. The molecule has 0 aliphatic rings. The fourth-order valence-corrected chi connectivity index (χ4v) is 3.23. The number of fused-ring (bicyclic) bond motifs is 1. The maximum atomic E-state index is 14.6. The highest BCUT2D eigenvalue weighted by Crippen LogP contribution is 2.38. The van der Waals surface area contributed by atoms with Crippen LogP contribution in [0.5, 0.6) is 5.75 Å². The van der Waals surface area contributed by atoms with Crippen molar-refractivity contribution in [1.29, 1.82) is 0 Å². The zero-order chi connectivity index (χ0) is 22.3. The highest BCUT2D eigenvalue weighted by molar-refractivity contribution is 5.84. The van der Waals surface area contributed by atoms with Crippen LogP contribution in [0.4, 0.5) is 30.7 Å². The zero-order valence-corrected chi connectivity index (χ0v) is 15.4. The van der Waals surface area contributed by atoms with Crippen molar-refractivity contribution >= 4 is 10.8 Å². The second kappa shape index (κ2) is 7.61. The summed E-state index contributed by atoms with van der Waals surface area (Å²) < 4.78 is 104. The summed E-state index contributed by atoms with van der Waals surface area (Å²) in [6, 6.07) is 10.7. The van der Waals surface area contributed by atoms with Gasteiger partial charge in [0.15, 0.2) is 0 Å². The van der Waals surface area contributed by atoms with E-state index in [0.717, 1.165) is 30.3 Å². The molecule has 0 unspecified atom stereocenters. The minimum Gasteiger partial charge on any atom is -0.429 e. The van der Waals surface area contributed by atoms with E-state index in [1.54, 1.807) is 0 Å². The fraction of sp³-hybridized carbons (Fsp3) is 0.0435. The molecule has 0 aliphatic heterocycles. The Morgan fingerprint density at radius 2 is 1.32 bits per heavy atom. The first kappa shape index (κ1) is 20.7. The van der Waals surface area contributed by atoms with Crippen LogP contribution < -0.4 is 4.74 Å². The fourth-order valence-electron chi connectivity index (χ4n) is 3.23. The summed E-state index contributed by atoms with van der Waals surface area (Å²) in [5.74, 6) is -6.50. The Kier molecular flexibility index (Phi) is 5.08. The van der Waals surface area contributed by atoms with Gasteiger partial charge in [-0.25, -0.2) is 22.0 Å². The van der Waals surface area contributed by atoms with Gasteiger partial charge in [0.25, 0.3) is 0 Å². The molecule has 0 aliphatic carbocycles. The molecule has 158 valence electrons. The molecule has 0 saturated heterocycles. The van der Waals surface area contributed by atoms with E-state index in [0.29, 0.717) is 18.2 Å². The van der Waals surface area contributed by atoms with Crippen LogP contribution in [0.15, 0.2) is 66.7 Å². The van der Waals surface area contributed by atoms with Crippen molar-refractivity contribution in [3.63, 3.8) is 0 Å². The minimum absolute atomic E-state index is 0.0522. The number of rotatable bonds is 4. The summed E-state index contributed by atoms with van der Waals surface area (Å²) in [5, 5.41) is -0.134. The van der Waals surface area contributed by atoms with Crippen molar-refractivity contribution < 1.29 is 35.5 Å². The van der Waals surface area contributed by atoms with Crippen molar-refractivity contribution in [2.75, 3.05) is 0 Å². The van der Waals surface area contributed by atoms with Crippen LogP contribution in [-0.2, 0) is 6.11 Å². The van der Waals surface area contributed by atoms with E-state index in [-0.39, 0.29) is 21.9 Å². The van der Waals surface area contributed by atoms with Crippen molar-refractivity contribution in [3.05, 3.63) is 101 Å². The Balaban J connectivity index is 1.72. The number of alkyl halides is 2. The molecule has 1 nitrogen and oxygen atoms in total. The number of halogens is 7. The molecule has 4 aromatic rings. The standard InChI is InChI=1S/C23H11F7O/c24-14-7-12-8-15(5-6-17(12)19(26)11-14)31-23(29,30)22-20(27)9-13(10-21(22)28)16-3-1-2-4-18(16)25/h1-11H. The van der Waals surface area contributed by atoms with E-state index in [9.17, 15) is 30.7 Å². The van der Waals surface area contributed by atoms with Gasteiger partial charge in [-0.3, -0.25) is 0 Å². The molecular weight excluding hydrogens is 425 g/mol. The van der Waals surface area contributed by atoms with Crippen LogP contribution in [-0.4, -0.2) is 0 Å². The van der Waals surface area contributed by atoms with Gasteiger partial charge in [-0.1, -0.05) is 18.2 Å². The van der Waals surface area contributed by atoms with Crippen molar-refractivity contribution in [3.8, 4) is 16.9 Å². The van der Waals surface area contributed by atoms with Gasteiger partial charge in [-0.2, -0.15) is 8.78 Å². The number of benzene rings is 4. The molecule has 0 spiro atoms. The van der Waals surface area contributed by atoms with Gasteiger partial charge in [0.05, 0.1) is 0 Å². The first-order chi connectivity index (χ1) is 14.7. The first-order valence-electron chi connectivity index (χ1n) is 8.86. The lowest BCUT2D eigenvalue weighted by Gasteiger charge is -2.20. The third-order valence-electron chi connectivity index (χ3n) is 4.60. The highest BCUT2D eigenvalue weighted by Gasteiger charge is 2.41. The lowest BCUT2D eigenvalue weighted by atomic mass is 10.0. The molecule has 0 amide bonds. The highest BCUT2D eigenvalue weighted by atomic mass is 19.3. The van der Waals surface area contributed by atoms with Gasteiger partial charge >= 0.3 is 6.11 Å². The van der Waals surface area contributed by atoms with Gasteiger partial charge in [0.1, 0.15) is 40.4 Å². The lowest BCUT2D eigenvalue weighted by Crippen LogP contribution is -2.25. The lowest BCUT2D eigenvalue weighted by molar-refractivity contribution is -0.189. The molecule has 0 bridgehead atoms. The summed E-state index contributed by atoms with van der Waals surface area (Å²) in [6.07, 6.45) is -4.47. The maximum absolute atomic E-state index is 14.6. The third kappa shape index (κ3) is 3.93. The number of ether oxygens (including phenoxy) is 1. The molecule has 0 N–H and O–H groups in total. The molecule has 0 saturated carbocycles. The van der Waals surface area contributed by atoms with Gasteiger partial charge in [0, 0.05) is 17.0 Å². The zero-order valence-electron chi connectivity index (χ0n) is 15.4. The van der Waals surface area contributed by atoms with Crippen molar-refractivity contribution in [1.82, 2.24) is 0 Å². The molecular formula is C23H11F7O. The average molecular weight is 436 g/mol. The van der Waals surface area contributed by atoms with Crippen LogP contribution in [0.2, 0.25) is 0 Å². The van der Waals surface area contributed by atoms with Crippen LogP contribution in [0.3, 0.4) is 0 Å². The Bertz CT molecular complexity index is 1280. The van der Waals surface area contributed by atoms with Crippen LogP contribution in [0.25, 0.3) is 21.9 Å². The minimum atomic E-state index is -4.47. The molecule has 0 heterocycles. The Morgan fingerprint density at radius 1 is 0.645 bits per heavy atom. The van der Waals surface area contributed by atoms with E-state index < -0.39 is 46.5 Å². The third-order valence-corrected chi connectivity index (χ3v) is 4.60. The molecule has 0 radical (unpaired) electrons. The smallest absolute Gasteiger partial charge is 0.429 e. The number of hydrogen-bond donors (Lipinski definition) is 0. The van der Waals surface area contributed by atoms with E-state index in [4.69, 9.17) is 0 Å². The predicted octanol–water partition coefficient (Wildman–Crippen LogP) is 7.33. The van der Waals surface area contributed by atoms with E-state index in [1.807, 2.05) is 0 Å². The Labute approximate surface area is 171 Å². The first-order valence-corrected chi connectivity index (χ1v) is 8.86. The van der Waals surface area contributed by atoms with Gasteiger partial charge < -0.3 is 4.74 Å². The summed E-state index contributed by atoms with van der Waals surface area (Å²) in [6.45, 7) is 0. The van der Waals surface area contributed by atoms with E-state index in [2.05, 4.69) is 4.74 Å². The Morgan fingerprint density at radius 3 is 2.00 bits per heavy atom. The summed E-state index contributed by atoms with van der Waals surface area (Å²) in [4.78, 5) is 0. The van der Waals surface area contributed by atoms with E-state index >= 15 is 0 Å². The van der Waals surface area contributed by atoms with Crippen LogP contribution in [0.1, 0.15) is 5.56 Å². The molecule has 31 heavy (non-hydrogen) atoms. The molecule has 0 fully saturated rings. The molecule has 0 aromatic heterocycles. The second-order valence-electron chi connectivity index (χ2n) is 6.68. The molecule has 8 heteroatoms. The molecule has 4 rings (SSSR count). The largest absolute Gasteiger partial charge is 0.432 e. The van der Waals surface area contributed by atoms with Gasteiger partial charge in [0.2, 0.25) is 0 Å². The van der Waals surface area contributed by atoms with Gasteiger partial charge in [-0.05, 0) is 53.4 Å². The molecule has 4 aromatic carbocycles. The predicted molar refractivity (Wildman–Crippen MR) is 100 cm³/mol. The molecule has 0 atom stereocenters.